The Kier molecular flexibility index (Phi) is 4.17. The molecule has 2 rings (SSSR count). The fourth-order valence-corrected chi connectivity index (χ4v) is 2.08. The van der Waals surface area contributed by atoms with Crippen LogP contribution in [0, 0.1) is 5.92 Å². The van der Waals surface area contributed by atoms with Crippen LogP contribution in [0.25, 0.3) is 10.4 Å². The summed E-state index contributed by atoms with van der Waals surface area (Å²) in [5, 5.41) is 3.49. The zero-order valence-electron chi connectivity index (χ0n) is 10.9. The molecule has 0 saturated carbocycles. The van der Waals surface area contributed by atoms with Gasteiger partial charge in [0.2, 0.25) is 5.91 Å². The lowest BCUT2D eigenvalue weighted by Crippen LogP contribution is -2.25. The van der Waals surface area contributed by atoms with E-state index in [4.69, 9.17) is 5.53 Å². The third kappa shape index (κ3) is 2.86. The molecular formula is C12H13N5O3. The molecule has 104 valence electrons. The van der Waals surface area contributed by atoms with Crippen LogP contribution in [-0.4, -0.2) is 37.1 Å². The topological polar surface area (TPSA) is 108 Å². The lowest BCUT2D eigenvalue weighted by molar-refractivity contribution is -0.117. The number of hydrogen-bond acceptors (Lipinski definition) is 5. The van der Waals surface area contributed by atoms with E-state index in [0.29, 0.717) is 25.2 Å². The molecule has 0 bridgehead atoms. The van der Waals surface area contributed by atoms with Crippen molar-refractivity contribution in [2.45, 2.75) is 6.42 Å². The lowest BCUT2D eigenvalue weighted by atomic mass is 10.1. The normalized spacial score (nSPS) is 17.8. The average molecular weight is 275 g/mol. The Hall–Kier alpha value is -2.60. The number of rotatable bonds is 4. The van der Waals surface area contributed by atoms with E-state index in [0.717, 1.165) is 0 Å². The third-order valence-corrected chi connectivity index (χ3v) is 3.06. The van der Waals surface area contributed by atoms with Crippen LogP contribution >= 0.6 is 0 Å². The van der Waals surface area contributed by atoms with Gasteiger partial charge in [-0.05, 0) is 23.6 Å². The third-order valence-electron chi connectivity index (χ3n) is 3.06. The first-order valence-electron chi connectivity index (χ1n) is 6.01. The molecule has 0 aliphatic carbocycles. The number of aromatic nitrogens is 1. The first-order valence-corrected chi connectivity index (χ1v) is 6.01. The Morgan fingerprint density at radius 3 is 3.05 bits per heavy atom. The van der Waals surface area contributed by atoms with Crippen LogP contribution in [0.3, 0.4) is 0 Å². The molecule has 8 heteroatoms. The summed E-state index contributed by atoms with van der Waals surface area (Å²) in [7, 11) is 1.28. The van der Waals surface area contributed by atoms with Crippen LogP contribution in [0.5, 0.6) is 0 Å². The van der Waals surface area contributed by atoms with E-state index in [1.807, 2.05) is 0 Å². The van der Waals surface area contributed by atoms with Crippen molar-refractivity contribution in [2.75, 3.05) is 25.1 Å². The summed E-state index contributed by atoms with van der Waals surface area (Å²) < 4.78 is 4.56. The minimum Gasteiger partial charge on any atom is -0.464 e. The van der Waals surface area contributed by atoms with Crippen LogP contribution in [0.1, 0.15) is 16.9 Å². The molecule has 20 heavy (non-hydrogen) atoms. The highest BCUT2D eigenvalue weighted by molar-refractivity contribution is 5.96. The Morgan fingerprint density at radius 1 is 1.65 bits per heavy atom. The number of ether oxygens (including phenoxy) is 1. The quantitative estimate of drug-likeness (QED) is 0.359. The number of methoxy groups -OCH3 is 1. The maximum atomic E-state index is 11.9. The molecule has 1 aromatic rings. The van der Waals surface area contributed by atoms with E-state index in [-0.39, 0.29) is 17.5 Å². The van der Waals surface area contributed by atoms with Crippen LogP contribution in [0.2, 0.25) is 0 Å². The first kappa shape index (κ1) is 13.8. The molecule has 0 spiro atoms. The lowest BCUT2D eigenvalue weighted by Gasteiger charge is -2.16. The van der Waals surface area contributed by atoms with E-state index >= 15 is 0 Å². The summed E-state index contributed by atoms with van der Waals surface area (Å²) in [6.45, 7) is 0.781. The number of azide groups is 1. The summed E-state index contributed by atoms with van der Waals surface area (Å²) in [4.78, 5) is 31.4. The van der Waals surface area contributed by atoms with Gasteiger partial charge in [-0.1, -0.05) is 5.11 Å². The number of anilines is 1. The monoisotopic (exact) mass is 275 g/mol. The minimum atomic E-state index is -0.523. The molecule has 1 aliphatic rings. The summed E-state index contributed by atoms with van der Waals surface area (Å²) in [5.74, 6) is -0.556. The van der Waals surface area contributed by atoms with Crippen molar-refractivity contribution in [3.63, 3.8) is 0 Å². The molecule has 1 saturated heterocycles. The molecule has 8 nitrogen and oxygen atoms in total. The van der Waals surface area contributed by atoms with Gasteiger partial charge in [0.1, 0.15) is 5.69 Å². The fourth-order valence-electron chi connectivity index (χ4n) is 2.08. The standard InChI is InChI=1S/C12H13N5O3/c1-20-12(19)10-3-2-9(6-14-10)17-7-8(4-11(17)18)5-15-16-13/h2-3,6,8H,4-5,7H2,1H3. The molecule has 0 aromatic carbocycles. The van der Waals surface area contributed by atoms with E-state index in [1.165, 1.54) is 19.4 Å². The average Bonchev–Trinajstić information content (AvgIpc) is 2.85. The van der Waals surface area contributed by atoms with E-state index in [9.17, 15) is 9.59 Å². The smallest absolute Gasteiger partial charge is 0.356 e. The molecule has 1 aliphatic heterocycles. The molecule has 0 radical (unpaired) electrons. The van der Waals surface area contributed by atoms with Crippen molar-refractivity contribution in [3.8, 4) is 0 Å². The highest BCUT2D eigenvalue weighted by Crippen LogP contribution is 2.24. The summed E-state index contributed by atoms with van der Waals surface area (Å²) in [5.41, 5.74) is 9.09. The van der Waals surface area contributed by atoms with Gasteiger partial charge in [-0.15, -0.1) is 0 Å². The van der Waals surface area contributed by atoms with Crippen molar-refractivity contribution >= 4 is 17.6 Å². The fraction of sp³-hybridized carbons (Fsp3) is 0.417. The zero-order valence-corrected chi connectivity index (χ0v) is 10.9. The van der Waals surface area contributed by atoms with Gasteiger partial charge in [-0.3, -0.25) is 4.79 Å². The van der Waals surface area contributed by atoms with Crippen molar-refractivity contribution in [3.05, 3.63) is 34.5 Å². The van der Waals surface area contributed by atoms with Gasteiger partial charge in [0.15, 0.2) is 0 Å². The van der Waals surface area contributed by atoms with Crippen molar-refractivity contribution in [1.29, 1.82) is 0 Å². The van der Waals surface area contributed by atoms with Crippen LogP contribution in [-0.2, 0) is 9.53 Å². The zero-order chi connectivity index (χ0) is 14.5. The number of amides is 1. The largest absolute Gasteiger partial charge is 0.464 e. The maximum Gasteiger partial charge on any atom is 0.356 e. The van der Waals surface area contributed by atoms with Crippen LogP contribution in [0.4, 0.5) is 5.69 Å². The summed E-state index contributed by atoms with van der Waals surface area (Å²) >= 11 is 0. The highest BCUT2D eigenvalue weighted by Gasteiger charge is 2.30. The van der Waals surface area contributed by atoms with Crippen molar-refractivity contribution < 1.29 is 14.3 Å². The second-order valence-corrected chi connectivity index (χ2v) is 4.38. The number of pyridine rings is 1. The van der Waals surface area contributed by atoms with Gasteiger partial charge < -0.3 is 9.64 Å². The van der Waals surface area contributed by atoms with E-state index < -0.39 is 5.97 Å². The van der Waals surface area contributed by atoms with Gasteiger partial charge in [-0.25, -0.2) is 9.78 Å². The van der Waals surface area contributed by atoms with Crippen molar-refractivity contribution in [1.82, 2.24) is 4.98 Å². The second kappa shape index (κ2) is 6.03. The van der Waals surface area contributed by atoms with Gasteiger partial charge >= 0.3 is 5.97 Å². The number of hydrogen-bond donors (Lipinski definition) is 0. The number of nitrogens with zero attached hydrogens (tertiary/aromatic N) is 5. The maximum absolute atomic E-state index is 11.9. The molecule has 1 amide bonds. The molecule has 1 aromatic heterocycles. The van der Waals surface area contributed by atoms with Gasteiger partial charge in [-0.2, -0.15) is 0 Å². The number of carbonyl (C=O) groups excluding carboxylic acids is 2. The Labute approximate surface area is 115 Å². The van der Waals surface area contributed by atoms with Gasteiger partial charge in [0, 0.05) is 24.4 Å². The molecule has 1 atom stereocenters. The molecule has 1 fully saturated rings. The number of esters is 1. The molecule has 1 unspecified atom stereocenters. The van der Waals surface area contributed by atoms with E-state index in [2.05, 4.69) is 19.7 Å². The predicted molar refractivity (Wildman–Crippen MR) is 70.0 cm³/mol. The first-order chi connectivity index (χ1) is 9.65. The summed E-state index contributed by atoms with van der Waals surface area (Å²) in [6, 6.07) is 3.16. The molecule has 2 heterocycles. The second-order valence-electron chi connectivity index (χ2n) is 4.38. The van der Waals surface area contributed by atoms with Crippen LogP contribution in [0.15, 0.2) is 23.4 Å². The number of carbonyl (C=O) groups is 2. The van der Waals surface area contributed by atoms with Gasteiger partial charge in [0.05, 0.1) is 19.0 Å². The van der Waals surface area contributed by atoms with Crippen LogP contribution < -0.4 is 4.90 Å². The highest BCUT2D eigenvalue weighted by atomic mass is 16.5. The Morgan fingerprint density at radius 2 is 2.45 bits per heavy atom. The van der Waals surface area contributed by atoms with E-state index in [1.54, 1.807) is 11.0 Å². The minimum absolute atomic E-state index is 0.0127. The Bertz CT molecular complexity index is 565. The molecule has 0 N–H and O–H groups in total. The summed E-state index contributed by atoms with van der Waals surface area (Å²) in [6.07, 6.45) is 1.80. The SMILES string of the molecule is COC(=O)c1ccc(N2CC(CN=[N+]=[N-])CC2=O)cn1. The Balaban J connectivity index is 2.10. The predicted octanol–water partition coefficient (Wildman–Crippen LogP) is 1.53. The van der Waals surface area contributed by atoms with Gasteiger partial charge in [0.25, 0.3) is 0 Å². The molecular weight excluding hydrogens is 262 g/mol. The van der Waals surface area contributed by atoms with Crippen molar-refractivity contribution in [2.24, 2.45) is 11.0 Å².